The van der Waals surface area contributed by atoms with E-state index >= 15 is 0 Å². The fourth-order valence-corrected chi connectivity index (χ4v) is 2.81. The van der Waals surface area contributed by atoms with Crippen molar-refractivity contribution < 1.29 is 4.92 Å². The highest BCUT2D eigenvalue weighted by Gasteiger charge is 2.12. The Morgan fingerprint density at radius 1 is 1.26 bits per heavy atom. The molecule has 0 bridgehead atoms. The molecule has 0 fully saturated rings. The van der Waals surface area contributed by atoms with Gasteiger partial charge >= 0.3 is 0 Å². The van der Waals surface area contributed by atoms with Crippen LogP contribution in [-0.2, 0) is 5.75 Å². The quantitative estimate of drug-likeness (QED) is 0.399. The third-order valence-electron chi connectivity index (χ3n) is 2.77. The minimum atomic E-state index is -0.342. The average molecular weight is 274 g/mol. The first-order valence-electron chi connectivity index (χ1n) is 5.79. The Bertz CT molecular complexity index is 614. The highest BCUT2D eigenvalue weighted by Crippen LogP contribution is 2.30. The van der Waals surface area contributed by atoms with Crippen LogP contribution in [0.5, 0.6) is 0 Å². The molecule has 0 heterocycles. The smallest absolute Gasteiger partial charge is 0.273 e. The molecular weight excluding hydrogens is 260 g/mol. The topological polar surface area (TPSA) is 69.2 Å². The van der Waals surface area contributed by atoms with Gasteiger partial charge in [0.1, 0.15) is 0 Å². The number of aryl methyl sites for hydroxylation is 1. The summed E-state index contributed by atoms with van der Waals surface area (Å²) < 4.78 is 0. The van der Waals surface area contributed by atoms with Gasteiger partial charge in [0.05, 0.1) is 4.92 Å². The third-order valence-corrected chi connectivity index (χ3v) is 3.99. The van der Waals surface area contributed by atoms with E-state index in [0.29, 0.717) is 5.75 Å². The van der Waals surface area contributed by atoms with E-state index in [9.17, 15) is 10.1 Å². The summed E-state index contributed by atoms with van der Waals surface area (Å²) in [4.78, 5) is 11.7. The highest BCUT2D eigenvalue weighted by atomic mass is 32.2. The van der Waals surface area contributed by atoms with Gasteiger partial charge in [-0.25, -0.2) is 0 Å². The molecule has 4 nitrogen and oxygen atoms in total. The van der Waals surface area contributed by atoms with E-state index in [1.165, 1.54) is 6.07 Å². The SMILES string of the molecule is Cc1cc(N)ccc1SCc1ccccc1[N+](=O)[O-]. The Morgan fingerprint density at radius 3 is 2.68 bits per heavy atom. The van der Waals surface area contributed by atoms with Crippen LogP contribution in [0.25, 0.3) is 0 Å². The summed E-state index contributed by atoms with van der Waals surface area (Å²) in [5.74, 6) is 0.571. The van der Waals surface area contributed by atoms with Gasteiger partial charge < -0.3 is 5.73 Å². The second kappa shape index (κ2) is 5.75. The van der Waals surface area contributed by atoms with Gasteiger partial charge in [-0.15, -0.1) is 11.8 Å². The number of nitrogens with zero attached hydrogens (tertiary/aromatic N) is 1. The summed E-state index contributed by atoms with van der Waals surface area (Å²) in [6.45, 7) is 1.98. The molecule has 0 unspecified atom stereocenters. The van der Waals surface area contributed by atoms with Gasteiger partial charge in [0.15, 0.2) is 0 Å². The summed E-state index contributed by atoms with van der Waals surface area (Å²) in [5.41, 5.74) is 8.42. The van der Waals surface area contributed by atoms with E-state index in [1.807, 2.05) is 31.2 Å². The van der Waals surface area contributed by atoms with Crippen LogP contribution in [0.4, 0.5) is 11.4 Å². The van der Waals surface area contributed by atoms with E-state index in [2.05, 4.69) is 0 Å². The number of hydrogen-bond acceptors (Lipinski definition) is 4. The first-order valence-corrected chi connectivity index (χ1v) is 6.77. The number of nitrogens with two attached hydrogens (primary N) is 1. The zero-order chi connectivity index (χ0) is 13.8. The van der Waals surface area contributed by atoms with Gasteiger partial charge in [-0.05, 0) is 30.7 Å². The van der Waals surface area contributed by atoms with Crippen molar-refractivity contribution >= 4 is 23.1 Å². The fraction of sp³-hybridized carbons (Fsp3) is 0.143. The van der Waals surface area contributed by atoms with Crippen molar-refractivity contribution in [2.24, 2.45) is 0 Å². The number of anilines is 1. The number of hydrogen-bond donors (Lipinski definition) is 1. The maximum atomic E-state index is 10.9. The summed E-state index contributed by atoms with van der Waals surface area (Å²) in [6, 6.07) is 12.5. The summed E-state index contributed by atoms with van der Waals surface area (Å²) in [6.07, 6.45) is 0. The van der Waals surface area contributed by atoms with Crippen LogP contribution < -0.4 is 5.73 Å². The lowest BCUT2D eigenvalue weighted by molar-refractivity contribution is -0.385. The average Bonchev–Trinajstić information content (AvgIpc) is 2.38. The van der Waals surface area contributed by atoms with Gasteiger partial charge in [-0.1, -0.05) is 18.2 Å². The molecule has 0 spiro atoms. The molecule has 5 heteroatoms. The van der Waals surface area contributed by atoms with Crippen LogP contribution in [-0.4, -0.2) is 4.92 Å². The molecule has 2 aromatic rings. The molecular formula is C14H14N2O2S. The Hall–Kier alpha value is -2.01. The Labute approximate surface area is 115 Å². The molecule has 0 amide bonds. The molecule has 0 radical (unpaired) electrons. The number of nitro groups is 1. The van der Waals surface area contributed by atoms with Crippen molar-refractivity contribution in [3.8, 4) is 0 Å². The number of nitro benzene ring substituents is 1. The molecule has 0 atom stereocenters. The molecule has 0 saturated heterocycles. The van der Waals surface area contributed by atoms with Crippen LogP contribution in [0.15, 0.2) is 47.4 Å². The standard InChI is InChI=1S/C14H14N2O2S/c1-10-8-12(15)6-7-14(10)19-9-11-4-2-3-5-13(11)16(17)18/h2-8H,9,15H2,1H3. The number of para-hydroxylation sites is 1. The van der Waals surface area contributed by atoms with Crippen LogP contribution >= 0.6 is 11.8 Å². The van der Waals surface area contributed by atoms with E-state index < -0.39 is 0 Å². The Kier molecular flexibility index (Phi) is 4.06. The Balaban J connectivity index is 2.17. The van der Waals surface area contributed by atoms with E-state index in [-0.39, 0.29) is 10.6 Å². The largest absolute Gasteiger partial charge is 0.399 e. The van der Waals surface area contributed by atoms with E-state index in [0.717, 1.165) is 21.7 Å². The molecule has 2 N–H and O–H groups in total. The number of rotatable bonds is 4. The van der Waals surface area contributed by atoms with Crippen LogP contribution in [0.1, 0.15) is 11.1 Å². The van der Waals surface area contributed by atoms with Crippen LogP contribution in [0.3, 0.4) is 0 Å². The minimum Gasteiger partial charge on any atom is -0.399 e. The van der Waals surface area contributed by atoms with E-state index in [1.54, 1.807) is 23.9 Å². The summed E-state index contributed by atoms with van der Waals surface area (Å²) >= 11 is 1.58. The van der Waals surface area contributed by atoms with Crippen molar-refractivity contribution in [2.45, 2.75) is 17.6 Å². The second-order valence-corrected chi connectivity index (χ2v) is 5.22. The molecule has 98 valence electrons. The normalized spacial score (nSPS) is 10.4. The van der Waals surface area contributed by atoms with Gasteiger partial charge in [-0.3, -0.25) is 10.1 Å². The van der Waals surface area contributed by atoms with Crippen LogP contribution in [0, 0.1) is 17.0 Å². The first-order chi connectivity index (χ1) is 9.08. The van der Waals surface area contributed by atoms with Crippen LogP contribution in [0.2, 0.25) is 0 Å². The predicted molar refractivity (Wildman–Crippen MR) is 78.2 cm³/mol. The lowest BCUT2D eigenvalue weighted by atomic mass is 10.2. The summed E-state index contributed by atoms with van der Waals surface area (Å²) in [7, 11) is 0. The molecule has 0 aliphatic rings. The van der Waals surface area contributed by atoms with Gasteiger partial charge in [0.2, 0.25) is 0 Å². The number of benzene rings is 2. The number of nitrogen functional groups attached to an aromatic ring is 1. The second-order valence-electron chi connectivity index (χ2n) is 4.20. The van der Waals surface area contributed by atoms with Crippen molar-refractivity contribution in [1.82, 2.24) is 0 Å². The lowest BCUT2D eigenvalue weighted by Gasteiger charge is -2.07. The zero-order valence-corrected chi connectivity index (χ0v) is 11.3. The lowest BCUT2D eigenvalue weighted by Crippen LogP contribution is -1.94. The number of thioether (sulfide) groups is 1. The molecule has 2 aromatic carbocycles. The highest BCUT2D eigenvalue weighted by molar-refractivity contribution is 7.98. The van der Waals surface area contributed by atoms with Crippen molar-refractivity contribution in [2.75, 3.05) is 5.73 Å². The monoisotopic (exact) mass is 274 g/mol. The van der Waals surface area contributed by atoms with Gasteiger partial charge in [0.25, 0.3) is 5.69 Å². The fourth-order valence-electron chi connectivity index (χ4n) is 1.80. The van der Waals surface area contributed by atoms with Crippen molar-refractivity contribution in [3.05, 3.63) is 63.7 Å². The van der Waals surface area contributed by atoms with E-state index in [4.69, 9.17) is 5.73 Å². The molecule has 0 aromatic heterocycles. The van der Waals surface area contributed by atoms with Crippen molar-refractivity contribution in [1.29, 1.82) is 0 Å². The molecule has 0 aliphatic carbocycles. The molecule has 2 rings (SSSR count). The predicted octanol–water partition coefficient (Wildman–Crippen LogP) is 3.78. The van der Waals surface area contributed by atoms with Gasteiger partial charge in [-0.2, -0.15) is 0 Å². The third kappa shape index (κ3) is 3.26. The Morgan fingerprint density at radius 2 is 2.00 bits per heavy atom. The zero-order valence-electron chi connectivity index (χ0n) is 10.5. The van der Waals surface area contributed by atoms with Crippen molar-refractivity contribution in [3.63, 3.8) is 0 Å². The van der Waals surface area contributed by atoms with Gasteiger partial charge in [0, 0.05) is 28.0 Å². The minimum absolute atomic E-state index is 0.170. The summed E-state index contributed by atoms with van der Waals surface area (Å²) in [5, 5.41) is 10.9. The maximum Gasteiger partial charge on any atom is 0.273 e. The molecule has 0 aliphatic heterocycles. The molecule has 19 heavy (non-hydrogen) atoms. The first kappa shape index (κ1) is 13.4. The molecule has 0 saturated carbocycles. The maximum absolute atomic E-state index is 10.9.